The lowest BCUT2D eigenvalue weighted by molar-refractivity contribution is -0.384. The molecule has 2 aromatic carbocycles. The Hall–Kier alpha value is -2.74. The van der Waals surface area contributed by atoms with E-state index < -0.39 is 20.0 Å². The number of nitrogens with one attached hydrogen (secondary N) is 1. The van der Waals surface area contributed by atoms with Gasteiger partial charge in [-0.05, 0) is 37.6 Å². The Labute approximate surface area is 145 Å². The molecule has 0 saturated heterocycles. The first-order valence-corrected chi connectivity index (χ1v) is 9.12. The van der Waals surface area contributed by atoms with Crippen LogP contribution in [0.4, 0.5) is 11.4 Å². The van der Waals surface area contributed by atoms with Crippen molar-refractivity contribution in [2.24, 2.45) is 0 Å². The molecule has 0 aromatic heterocycles. The Morgan fingerprint density at radius 2 is 1.80 bits per heavy atom. The van der Waals surface area contributed by atoms with Crippen LogP contribution in [-0.2, 0) is 21.1 Å². The zero-order valence-corrected chi connectivity index (χ0v) is 14.6. The standard InChI is InChI=1S/C17H18N2O5S/c1-12(2)25(23,24)16-8-6-13(7-9-16)10-17(20)18-14-4-3-5-15(11-14)19(21)22/h3-9,11-12H,10H2,1-2H3,(H,18,20). The van der Waals surface area contributed by atoms with Crippen molar-refractivity contribution in [1.29, 1.82) is 0 Å². The van der Waals surface area contributed by atoms with Crippen LogP contribution in [0.25, 0.3) is 0 Å². The summed E-state index contributed by atoms with van der Waals surface area (Å²) in [7, 11) is -3.35. The van der Waals surface area contributed by atoms with Gasteiger partial charge in [-0.3, -0.25) is 14.9 Å². The SMILES string of the molecule is CC(C)S(=O)(=O)c1ccc(CC(=O)Nc2cccc([N+](=O)[O-])c2)cc1. The molecule has 0 radical (unpaired) electrons. The summed E-state index contributed by atoms with van der Waals surface area (Å²) in [5.74, 6) is -0.347. The van der Waals surface area contributed by atoms with E-state index in [9.17, 15) is 23.3 Å². The third-order valence-electron chi connectivity index (χ3n) is 3.58. The molecule has 0 aliphatic carbocycles. The third kappa shape index (κ3) is 4.63. The lowest BCUT2D eigenvalue weighted by Crippen LogP contribution is -2.15. The summed E-state index contributed by atoms with van der Waals surface area (Å²) in [5.41, 5.74) is 0.866. The van der Waals surface area contributed by atoms with Gasteiger partial charge in [0.05, 0.1) is 21.5 Å². The zero-order valence-electron chi connectivity index (χ0n) is 13.8. The van der Waals surface area contributed by atoms with Crippen LogP contribution in [-0.4, -0.2) is 24.5 Å². The van der Waals surface area contributed by atoms with Crippen molar-refractivity contribution in [3.8, 4) is 0 Å². The van der Waals surface area contributed by atoms with Crippen LogP contribution in [0, 0.1) is 10.1 Å². The predicted molar refractivity (Wildman–Crippen MR) is 94.2 cm³/mol. The first kappa shape index (κ1) is 18.6. The number of hydrogen-bond acceptors (Lipinski definition) is 5. The van der Waals surface area contributed by atoms with E-state index in [0.29, 0.717) is 11.3 Å². The molecule has 0 unspecified atom stereocenters. The minimum Gasteiger partial charge on any atom is -0.326 e. The van der Waals surface area contributed by atoms with Crippen LogP contribution < -0.4 is 5.32 Å². The summed E-state index contributed by atoms with van der Waals surface area (Å²) in [4.78, 5) is 22.5. The molecule has 25 heavy (non-hydrogen) atoms. The number of hydrogen-bond donors (Lipinski definition) is 1. The lowest BCUT2D eigenvalue weighted by Gasteiger charge is -2.09. The highest BCUT2D eigenvalue weighted by Crippen LogP contribution is 2.19. The van der Waals surface area contributed by atoms with Gasteiger partial charge >= 0.3 is 0 Å². The van der Waals surface area contributed by atoms with Crippen LogP contribution in [0.5, 0.6) is 0 Å². The van der Waals surface area contributed by atoms with Gasteiger partial charge in [0, 0.05) is 17.8 Å². The van der Waals surface area contributed by atoms with E-state index in [1.807, 2.05) is 0 Å². The van der Waals surface area contributed by atoms with E-state index >= 15 is 0 Å². The molecule has 0 atom stereocenters. The van der Waals surface area contributed by atoms with Crippen LogP contribution >= 0.6 is 0 Å². The molecule has 7 nitrogen and oxygen atoms in total. The van der Waals surface area contributed by atoms with Gasteiger partial charge in [0.15, 0.2) is 9.84 Å². The molecular formula is C17H18N2O5S. The molecule has 2 rings (SSSR count). The molecule has 8 heteroatoms. The molecule has 1 N–H and O–H groups in total. The predicted octanol–water partition coefficient (Wildman–Crippen LogP) is 2.96. The topological polar surface area (TPSA) is 106 Å². The number of rotatable bonds is 6. The highest BCUT2D eigenvalue weighted by molar-refractivity contribution is 7.92. The molecule has 132 valence electrons. The fraction of sp³-hybridized carbons (Fsp3) is 0.235. The van der Waals surface area contributed by atoms with E-state index in [0.717, 1.165) is 0 Å². The third-order valence-corrected chi connectivity index (χ3v) is 5.75. The summed E-state index contributed by atoms with van der Waals surface area (Å²) >= 11 is 0. The summed E-state index contributed by atoms with van der Waals surface area (Å²) < 4.78 is 24.1. The average Bonchev–Trinajstić information content (AvgIpc) is 2.55. The van der Waals surface area contributed by atoms with Crippen molar-refractivity contribution >= 4 is 27.1 Å². The number of anilines is 1. The Morgan fingerprint density at radius 3 is 2.36 bits per heavy atom. The fourth-order valence-electron chi connectivity index (χ4n) is 2.16. The van der Waals surface area contributed by atoms with Crippen LogP contribution in [0.2, 0.25) is 0 Å². The van der Waals surface area contributed by atoms with E-state index in [-0.39, 0.29) is 22.9 Å². The molecule has 0 fully saturated rings. The number of nitrogens with zero attached hydrogens (tertiary/aromatic N) is 1. The molecule has 0 aliphatic rings. The monoisotopic (exact) mass is 362 g/mol. The first-order chi connectivity index (χ1) is 11.7. The maximum Gasteiger partial charge on any atom is 0.271 e. The number of non-ortho nitro benzene ring substituents is 1. The molecule has 0 bridgehead atoms. The van der Waals surface area contributed by atoms with Gasteiger partial charge in [0.2, 0.25) is 5.91 Å². The summed E-state index contributed by atoms with van der Waals surface area (Å²) in [6.07, 6.45) is 0.0324. The Balaban J connectivity index is 2.06. The van der Waals surface area contributed by atoms with Gasteiger partial charge in [-0.1, -0.05) is 18.2 Å². The number of nitro benzene ring substituents is 1. The van der Waals surface area contributed by atoms with Crippen molar-refractivity contribution < 1.29 is 18.1 Å². The minimum atomic E-state index is -3.35. The number of nitro groups is 1. The molecule has 0 spiro atoms. The van der Waals surface area contributed by atoms with Crippen LogP contribution in [0.3, 0.4) is 0 Å². The largest absolute Gasteiger partial charge is 0.326 e. The second-order valence-corrected chi connectivity index (χ2v) is 8.27. The quantitative estimate of drug-likeness (QED) is 0.628. The number of benzene rings is 2. The number of amides is 1. The lowest BCUT2D eigenvalue weighted by atomic mass is 10.1. The van der Waals surface area contributed by atoms with Gasteiger partial charge < -0.3 is 5.32 Å². The van der Waals surface area contributed by atoms with Crippen molar-refractivity contribution in [2.75, 3.05) is 5.32 Å². The van der Waals surface area contributed by atoms with Gasteiger partial charge in [0.1, 0.15) is 0 Å². The van der Waals surface area contributed by atoms with E-state index in [4.69, 9.17) is 0 Å². The van der Waals surface area contributed by atoms with Crippen molar-refractivity contribution in [3.05, 3.63) is 64.2 Å². The highest BCUT2D eigenvalue weighted by Gasteiger charge is 2.18. The van der Waals surface area contributed by atoms with Gasteiger partial charge in [-0.2, -0.15) is 0 Å². The fourth-order valence-corrected chi connectivity index (χ4v) is 3.22. The summed E-state index contributed by atoms with van der Waals surface area (Å²) in [6.45, 7) is 3.21. The highest BCUT2D eigenvalue weighted by atomic mass is 32.2. The number of carbonyl (C=O) groups is 1. The minimum absolute atomic E-state index is 0.0324. The average molecular weight is 362 g/mol. The van der Waals surface area contributed by atoms with Crippen molar-refractivity contribution in [1.82, 2.24) is 0 Å². The number of carbonyl (C=O) groups excluding carboxylic acids is 1. The van der Waals surface area contributed by atoms with Crippen LogP contribution in [0.15, 0.2) is 53.4 Å². The second-order valence-electron chi connectivity index (χ2n) is 5.77. The maximum atomic E-state index is 12.1. The van der Waals surface area contributed by atoms with E-state index in [2.05, 4.69) is 5.32 Å². The zero-order chi connectivity index (χ0) is 18.6. The Morgan fingerprint density at radius 1 is 1.16 bits per heavy atom. The molecular weight excluding hydrogens is 344 g/mol. The summed E-state index contributed by atoms with van der Waals surface area (Å²) in [6, 6.07) is 11.8. The Kier molecular flexibility index (Phi) is 5.53. The second kappa shape index (κ2) is 7.43. The molecule has 0 saturated carbocycles. The number of sulfone groups is 1. The normalized spacial score (nSPS) is 11.3. The maximum absolute atomic E-state index is 12.1. The molecule has 0 heterocycles. The van der Waals surface area contributed by atoms with E-state index in [1.165, 1.54) is 30.3 Å². The van der Waals surface area contributed by atoms with Crippen molar-refractivity contribution in [2.45, 2.75) is 30.4 Å². The smallest absolute Gasteiger partial charge is 0.271 e. The van der Waals surface area contributed by atoms with Gasteiger partial charge in [-0.25, -0.2) is 8.42 Å². The molecule has 1 amide bonds. The van der Waals surface area contributed by atoms with Crippen molar-refractivity contribution in [3.63, 3.8) is 0 Å². The Bertz CT molecular complexity index is 890. The van der Waals surface area contributed by atoms with Gasteiger partial charge in [0.25, 0.3) is 5.69 Å². The first-order valence-electron chi connectivity index (χ1n) is 7.57. The summed E-state index contributed by atoms with van der Waals surface area (Å²) in [5, 5.41) is 12.8. The van der Waals surface area contributed by atoms with Crippen LogP contribution in [0.1, 0.15) is 19.4 Å². The van der Waals surface area contributed by atoms with E-state index in [1.54, 1.807) is 32.0 Å². The van der Waals surface area contributed by atoms with Gasteiger partial charge in [-0.15, -0.1) is 0 Å². The molecule has 2 aromatic rings. The molecule has 0 aliphatic heterocycles.